The normalized spacial score (nSPS) is 10.1. The van der Waals surface area contributed by atoms with Gasteiger partial charge >= 0.3 is 5.97 Å². The van der Waals surface area contributed by atoms with Crippen LogP contribution in [0.2, 0.25) is 0 Å². The second-order valence-electron chi connectivity index (χ2n) is 5.58. The lowest BCUT2D eigenvalue weighted by molar-refractivity contribution is -0.145. The number of hydrogen-bond donors (Lipinski definition) is 0. The number of benzene rings is 2. The second-order valence-corrected chi connectivity index (χ2v) is 5.58. The highest BCUT2D eigenvalue weighted by Gasteiger charge is 2.16. The van der Waals surface area contributed by atoms with Gasteiger partial charge in [0.1, 0.15) is 17.9 Å². The van der Waals surface area contributed by atoms with E-state index in [1.807, 2.05) is 30.3 Å². The Morgan fingerprint density at radius 2 is 1.70 bits per heavy atom. The van der Waals surface area contributed by atoms with Crippen molar-refractivity contribution >= 4 is 16.9 Å². The Morgan fingerprint density at radius 3 is 2.30 bits per heavy atom. The van der Waals surface area contributed by atoms with E-state index in [1.165, 1.54) is 11.8 Å². The van der Waals surface area contributed by atoms with Gasteiger partial charge in [0.05, 0.1) is 36.6 Å². The van der Waals surface area contributed by atoms with Gasteiger partial charge in [-0.1, -0.05) is 0 Å². The molecule has 2 aromatic carbocycles. The van der Waals surface area contributed by atoms with E-state index in [0.29, 0.717) is 22.3 Å². The first-order valence-corrected chi connectivity index (χ1v) is 7.95. The van der Waals surface area contributed by atoms with Gasteiger partial charge in [0.2, 0.25) is 6.61 Å². The molecule has 3 aromatic rings. The Morgan fingerprint density at radius 1 is 1.04 bits per heavy atom. The molecule has 0 saturated heterocycles. The number of fused-ring (bicyclic) bond motifs is 1. The molecule has 134 valence electrons. The minimum atomic E-state index is -0.535. The number of esters is 1. The Balaban J connectivity index is 2.19. The number of ether oxygens (including phenoxy) is 2. The third kappa shape index (κ3) is 3.39. The Hall–Kier alpha value is -3.97. The van der Waals surface area contributed by atoms with Crippen molar-refractivity contribution in [1.82, 2.24) is 4.73 Å². The van der Waals surface area contributed by atoms with E-state index in [1.54, 1.807) is 31.4 Å². The third-order valence-electron chi connectivity index (χ3n) is 4.06. The monoisotopic (exact) mass is 361 g/mol. The van der Waals surface area contributed by atoms with Gasteiger partial charge in [-0.25, -0.2) is 4.79 Å². The van der Waals surface area contributed by atoms with Crippen molar-refractivity contribution in [3.63, 3.8) is 0 Å². The zero-order chi connectivity index (χ0) is 19.4. The Bertz CT molecular complexity index is 1090. The van der Waals surface area contributed by atoms with E-state index < -0.39 is 5.97 Å². The van der Waals surface area contributed by atoms with E-state index in [2.05, 4.69) is 4.74 Å². The van der Waals surface area contributed by atoms with Crippen molar-refractivity contribution in [2.75, 3.05) is 20.8 Å². The molecule has 0 aliphatic heterocycles. The average Bonchev–Trinajstić information content (AvgIpc) is 3.08. The largest absolute Gasteiger partial charge is 0.497 e. The van der Waals surface area contributed by atoms with Gasteiger partial charge < -0.3 is 14.3 Å². The van der Waals surface area contributed by atoms with Crippen molar-refractivity contribution < 1.29 is 19.1 Å². The molecule has 0 radical (unpaired) electrons. The molecular weight excluding hydrogens is 346 g/mol. The van der Waals surface area contributed by atoms with E-state index >= 15 is 0 Å². The molecule has 0 amide bonds. The number of aromatic nitrogens is 1. The summed E-state index contributed by atoms with van der Waals surface area (Å²) in [5.74, 6) is 0.169. The standard InChI is InChI=1S/C20H15N3O4/c1-25-17-5-3-13(4-6-17)18-8-14-7-15(10-21)16(11-22)9-19(14)23(18)27-12-20(24)26-2/h3-9H,12H2,1-2H3. The van der Waals surface area contributed by atoms with Crippen LogP contribution in [0.3, 0.4) is 0 Å². The van der Waals surface area contributed by atoms with E-state index in [-0.39, 0.29) is 17.7 Å². The zero-order valence-corrected chi connectivity index (χ0v) is 14.7. The lowest BCUT2D eigenvalue weighted by Gasteiger charge is -2.12. The van der Waals surface area contributed by atoms with E-state index in [0.717, 1.165) is 5.56 Å². The predicted molar refractivity (Wildman–Crippen MR) is 96.8 cm³/mol. The summed E-state index contributed by atoms with van der Waals surface area (Å²) in [5.41, 5.74) is 2.55. The highest BCUT2D eigenvalue weighted by atomic mass is 16.7. The minimum Gasteiger partial charge on any atom is -0.497 e. The summed E-state index contributed by atoms with van der Waals surface area (Å²) in [6, 6.07) is 16.4. The molecule has 1 heterocycles. The molecule has 0 unspecified atom stereocenters. The van der Waals surface area contributed by atoms with Crippen LogP contribution in [0, 0.1) is 22.7 Å². The fraction of sp³-hybridized carbons (Fsp3) is 0.150. The summed E-state index contributed by atoms with van der Waals surface area (Å²) >= 11 is 0. The fourth-order valence-corrected chi connectivity index (χ4v) is 2.69. The molecule has 0 N–H and O–H groups in total. The molecule has 0 fully saturated rings. The zero-order valence-electron chi connectivity index (χ0n) is 14.7. The van der Waals surface area contributed by atoms with Crippen LogP contribution in [0.25, 0.3) is 22.2 Å². The summed E-state index contributed by atoms with van der Waals surface area (Å²) in [6.45, 7) is -0.300. The number of methoxy groups -OCH3 is 2. The lowest BCUT2D eigenvalue weighted by Crippen LogP contribution is -2.21. The van der Waals surface area contributed by atoms with Crippen LogP contribution in [0.4, 0.5) is 0 Å². The number of nitriles is 2. The highest BCUT2D eigenvalue weighted by molar-refractivity contribution is 5.89. The van der Waals surface area contributed by atoms with Gasteiger partial charge in [0.15, 0.2) is 0 Å². The van der Waals surface area contributed by atoms with Crippen molar-refractivity contribution in [3.8, 4) is 29.1 Å². The second kappa shape index (κ2) is 7.51. The molecular formula is C20H15N3O4. The average molecular weight is 361 g/mol. The van der Waals surface area contributed by atoms with Crippen molar-refractivity contribution in [2.24, 2.45) is 0 Å². The van der Waals surface area contributed by atoms with Crippen LogP contribution in [-0.2, 0) is 9.53 Å². The maximum Gasteiger partial charge on any atom is 0.346 e. The first-order chi connectivity index (χ1) is 13.1. The number of hydrogen-bond acceptors (Lipinski definition) is 6. The maximum atomic E-state index is 11.5. The quantitative estimate of drug-likeness (QED) is 0.648. The fourth-order valence-electron chi connectivity index (χ4n) is 2.69. The summed E-state index contributed by atoms with van der Waals surface area (Å²) in [7, 11) is 2.86. The molecule has 7 heteroatoms. The van der Waals surface area contributed by atoms with Crippen LogP contribution < -0.4 is 9.57 Å². The molecule has 27 heavy (non-hydrogen) atoms. The Kier molecular flexibility index (Phi) is 4.96. The number of rotatable bonds is 5. The topological polar surface area (TPSA) is 97.3 Å². The maximum absolute atomic E-state index is 11.5. The van der Waals surface area contributed by atoms with Gasteiger partial charge in [-0.3, -0.25) is 0 Å². The molecule has 0 spiro atoms. The van der Waals surface area contributed by atoms with Crippen LogP contribution >= 0.6 is 0 Å². The van der Waals surface area contributed by atoms with Crippen LogP contribution in [0.1, 0.15) is 11.1 Å². The van der Waals surface area contributed by atoms with Gasteiger partial charge in [-0.15, -0.1) is 0 Å². The molecule has 0 aliphatic rings. The smallest absolute Gasteiger partial charge is 0.346 e. The lowest BCUT2D eigenvalue weighted by atomic mass is 10.1. The third-order valence-corrected chi connectivity index (χ3v) is 4.06. The minimum absolute atomic E-state index is 0.229. The molecule has 0 saturated carbocycles. The molecule has 1 aromatic heterocycles. The van der Waals surface area contributed by atoms with Gasteiger partial charge in [-0.05, 0) is 42.5 Å². The van der Waals surface area contributed by atoms with E-state index in [9.17, 15) is 15.3 Å². The van der Waals surface area contributed by atoms with E-state index in [4.69, 9.17) is 9.57 Å². The molecule has 7 nitrogen and oxygen atoms in total. The first-order valence-electron chi connectivity index (χ1n) is 7.95. The number of carbonyl (C=O) groups excluding carboxylic acids is 1. The van der Waals surface area contributed by atoms with Crippen LogP contribution in [-0.4, -0.2) is 31.5 Å². The highest BCUT2D eigenvalue weighted by Crippen LogP contribution is 2.30. The molecule has 0 aliphatic carbocycles. The summed E-state index contributed by atoms with van der Waals surface area (Å²) in [4.78, 5) is 17.2. The molecule has 3 rings (SSSR count). The molecule has 0 bridgehead atoms. The first kappa shape index (κ1) is 17.8. The van der Waals surface area contributed by atoms with Gasteiger partial charge in [-0.2, -0.15) is 15.3 Å². The van der Waals surface area contributed by atoms with Crippen molar-refractivity contribution in [2.45, 2.75) is 0 Å². The van der Waals surface area contributed by atoms with Gasteiger partial charge in [0, 0.05) is 10.9 Å². The summed E-state index contributed by atoms with van der Waals surface area (Å²) in [5, 5.41) is 19.3. The van der Waals surface area contributed by atoms with Crippen LogP contribution in [0.5, 0.6) is 5.75 Å². The van der Waals surface area contributed by atoms with Gasteiger partial charge in [0.25, 0.3) is 0 Å². The van der Waals surface area contributed by atoms with Crippen molar-refractivity contribution in [1.29, 1.82) is 10.5 Å². The summed E-state index contributed by atoms with van der Waals surface area (Å²) < 4.78 is 11.3. The van der Waals surface area contributed by atoms with Crippen LogP contribution in [0.15, 0.2) is 42.5 Å². The predicted octanol–water partition coefficient (Wildman–Crippen LogP) is 2.66. The SMILES string of the molecule is COC(=O)COn1c(-c2ccc(OC)cc2)cc2cc(C#N)c(C#N)cc21. The molecule has 0 atom stereocenters. The Labute approximate surface area is 155 Å². The summed E-state index contributed by atoms with van der Waals surface area (Å²) in [6.07, 6.45) is 0. The number of carbonyl (C=O) groups is 1. The van der Waals surface area contributed by atoms with Crippen molar-refractivity contribution in [3.05, 3.63) is 53.6 Å². The number of nitrogens with zero attached hydrogens (tertiary/aromatic N) is 3.